The molecule has 0 saturated heterocycles. The maximum absolute atomic E-state index is 11.7. The van der Waals surface area contributed by atoms with Gasteiger partial charge in [0.15, 0.2) is 11.9 Å². The molecule has 2 aromatic rings. The Kier molecular flexibility index (Phi) is 7.36. The van der Waals surface area contributed by atoms with E-state index in [9.17, 15) is 4.79 Å². The van der Waals surface area contributed by atoms with Crippen LogP contribution in [-0.2, 0) is 7.05 Å². The first-order chi connectivity index (χ1) is 15.0. The molecule has 1 unspecified atom stereocenters. The lowest BCUT2D eigenvalue weighted by Gasteiger charge is -2.15. The largest absolute Gasteiger partial charge is 0.325 e. The summed E-state index contributed by atoms with van der Waals surface area (Å²) in [6.07, 6.45) is 15.6. The zero-order valence-electron chi connectivity index (χ0n) is 18.4. The summed E-state index contributed by atoms with van der Waals surface area (Å²) in [5.74, 6) is 0.352. The molecule has 0 spiro atoms. The Labute approximate surface area is 186 Å². The molecular formula is C23H28N6OS. The molecule has 7 nitrogen and oxygen atoms in total. The molecule has 0 bridgehead atoms. The quantitative estimate of drug-likeness (QED) is 0.366. The van der Waals surface area contributed by atoms with Crippen molar-refractivity contribution >= 4 is 46.5 Å². The number of fused-ring (bicyclic) bond motifs is 1. The van der Waals surface area contributed by atoms with Gasteiger partial charge < -0.3 is 9.99 Å². The maximum atomic E-state index is 11.7. The molecule has 31 heavy (non-hydrogen) atoms. The van der Waals surface area contributed by atoms with Gasteiger partial charge in [0.25, 0.3) is 0 Å². The van der Waals surface area contributed by atoms with Crippen LogP contribution in [0.1, 0.15) is 34.4 Å². The first-order valence-corrected chi connectivity index (χ1v) is 10.9. The van der Waals surface area contributed by atoms with E-state index in [2.05, 4.69) is 58.4 Å². The van der Waals surface area contributed by atoms with E-state index in [4.69, 9.17) is 0 Å². The van der Waals surface area contributed by atoms with E-state index >= 15 is 0 Å². The fourth-order valence-electron chi connectivity index (χ4n) is 3.37. The van der Waals surface area contributed by atoms with E-state index in [0.717, 1.165) is 45.7 Å². The third-order valence-electron chi connectivity index (χ3n) is 5.06. The number of carbonyl (C=O) groups excluding carboxylic acids is 1. The van der Waals surface area contributed by atoms with Gasteiger partial charge in [-0.25, -0.2) is 4.98 Å². The number of aryl methyl sites for hydroxylation is 1. The van der Waals surface area contributed by atoms with Crippen LogP contribution in [0.4, 0.5) is 0 Å². The number of hydrazone groups is 2. The molecule has 0 saturated carbocycles. The summed E-state index contributed by atoms with van der Waals surface area (Å²) >= 11 is 1.51. The summed E-state index contributed by atoms with van der Waals surface area (Å²) in [5.41, 5.74) is 7.26. The zero-order chi connectivity index (χ0) is 22.4. The number of hydrogen-bond donors (Lipinski definition) is 1. The number of thiazole rings is 1. The van der Waals surface area contributed by atoms with Crippen molar-refractivity contribution in [3.8, 4) is 0 Å². The first kappa shape index (κ1) is 22.4. The molecule has 2 heterocycles. The van der Waals surface area contributed by atoms with Gasteiger partial charge >= 0.3 is 0 Å². The Morgan fingerprint density at radius 2 is 2.23 bits per heavy atom. The highest BCUT2D eigenvalue weighted by molar-refractivity contribution is 7.19. The summed E-state index contributed by atoms with van der Waals surface area (Å²) in [6, 6.07) is 0. The second-order valence-corrected chi connectivity index (χ2v) is 8.33. The van der Waals surface area contributed by atoms with Crippen LogP contribution in [-0.4, -0.2) is 53.9 Å². The molecule has 1 atom stereocenters. The van der Waals surface area contributed by atoms with Crippen molar-refractivity contribution in [2.24, 2.45) is 23.2 Å². The average molecular weight is 437 g/mol. The average Bonchev–Trinajstić information content (AvgIpc) is 3.23. The molecule has 162 valence electrons. The molecule has 0 radical (unpaired) electrons. The summed E-state index contributed by atoms with van der Waals surface area (Å²) in [6.45, 7) is 6.66. The molecule has 2 aromatic heterocycles. The molecule has 0 fully saturated rings. The number of nitrogens with zero attached hydrogens (tertiary/aromatic N) is 5. The van der Waals surface area contributed by atoms with E-state index in [1.807, 2.05) is 25.3 Å². The summed E-state index contributed by atoms with van der Waals surface area (Å²) < 4.78 is 2.74. The van der Waals surface area contributed by atoms with E-state index in [1.54, 1.807) is 23.9 Å². The van der Waals surface area contributed by atoms with Crippen LogP contribution < -0.4 is 5.43 Å². The highest BCUT2D eigenvalue weighted by Crippen LogP contribution is 2.29. The Hall–Kier alpha value is -3.26. The van der Waals surface area contributed by atoms with E-state index in [0.29, 0.717) is 11.6 Å². The van der Waals surface area contributed by atoms with Crippen LogP contribution >= 0.6 is 11.3 Å². The monoisotopic (exact) mass is 436 g/mol. The van der Waals surface area contributed by atoms with Crippen molar-refractivity contribution in [2.45, 2.75) is 13.3 Å². The smallest absolute Gasteiger partial charge is 0.167 e. The molecule has 8 heteroatoms. The molecule has 0 aliphatic heterocycles. The van der Waals surface area contributed by atoms with Crippen LogP contribution in [0.5, 0.6) is 0 Å². The molecular weight excluding hydrogens is 408 g/mol. The summed E-state index contributed by atoms with van der Waals surface area (Å²) in [4.78, 5) is 16.2. The lowest BCUT2D eigenvalue weighted by Crippen LogP contribution is -2.14. The third kappa shape index (κ3) is 5.08. The first-order valence-electron chi connectivity index (χ1n) is 10.1. The number of aldehydes is 1. The molecule has 0 amide bonds. The van der Waals surface area contributed by atoms with Gasteiger partial charge in [-0.2, -0.15) is 10.2 Å². The number of carbonyl (C=O) groups is 1. The van der Waals surface area contributed by atoms with Gasteiger partial charge in [-0.3, -0.25) is 9.80 Å². The van der Waals surface area contributed by atoms with Gasteiger partial charge in [-0.15, -0.1) is 11.3 Å². The van der Waals surface area contributed by atoms with Crippen LogP contribution in [0, 0.1) is 5.92 Å². The number of nitrogens with one attached hydrogen (secondary N) is 1. The topological polar surface area (TPSA) is 74.9 Å². The third-order valence-corrected chi connectivity index (χ3v) is 6.13. The standard InChI is InChI=1S/C23H28N6OS/c1-6-21-27-23-22(31-21)19(20(15-30)29(23)5)14-26-28(4)11-10-17-9-7-8-16(2)12-18(17)13-25-24-3/h6-9,12-16,24H,1,10-11H2,2-5H3/b25-13-,26-14-. The number of rotatable bonds is 9. The minimum absolute atomic E-state index is 0.352. The Morgan fingerprint density at radius 1 is 1.42 bits per heavy atom. The minimum Gasteiger partial charge on any atom is -0.325 e. The Balaban J connectivity index is 1.76. The highest BCUT2D eigenvalue weighted by Gasteiger charge is 2.17. The molecule has 1 aliphatic rings. The van der Waals surface area contributed by atoms with Crippen molar-refractivity contribution in [2.75, 3.05) is 20.6 Å². The van der Waals surface area contributed by atoms with Crippen molar-refractivity contribution in [3.63, 3.8) is 0 Å². The number of hydrogen-bond acceptors (Lipinski definition) is 7. The predicted octanol–water partition coefficient (Wildman–Crippen LogP) is 4.01. The second-order valence-electron chi connectivity index (χ2n) is 7.30. The normalized spacial score (nSPS) is 16.6. The Morgan fingerprint density at radius 3 is 2.94 bits per heavy atom. The van der Waals surface area contributed by atoms with Gasteiger partial charge in [0.1, 0.15) is 5.01 Å². The van der Waals surface area contributed by atoms with E-state index in [-0.39, 0.29) is 0 Å². The van der Waals surface area contributed by atoms with Gasteiger partial charge in [0.05, 0.1) is 22.8 Å². The van der Waals surface area contributed by atoms with Gasteiger partial charge in [-0.05, 0) is 29.6 Å². The minimum atomic E-state index is 0.352. The maximum Gasteiger partial charge on any atom is 0.167 e. The van der Waals surface area contributed by atoms with Crippen molar-refractivity contribution in [1.29, 1.82) is 0 Å². The molecule has 1 N–H and O–H groups in total. The lowest BCUT2D eigenvalue weighted by molar-refractivity contribution is 0.111. The SMILES string of the molecule is C=Cc1nc2c(s1)c(/C=N\N(C)CCC1=CC=CC(C)C=C1/C=N\NC)c(C=O)n2C. The fourth-order valence-corrected chi connectivity index (χ4v) is 4.34. The molecule has 1 aliphatic carbocycles. The summed E-state index contributed by atoms with van der Waals surface area (Å²) in [5, 5.41) is 11.5. The predicted molar refractivity (Wildman–Crippen MR) is 131 cm³/mol. The number of aromatic nitrogens is 2. The molecule has 3 rings (SSSR count). The van der Waals surface area contributed by atoms with Crippen LogP contribution in [0.3, 0.4) is 0 Å². The Bertz CT molecular complexity index is 1110. The zero-order valence-corrected chi connectivity index (χ0v) is 19.2. The number of allylic oxidation sites excluding steroid dienone is 5. The van der Waals surface area contributed by atoms with Gasteiger partial charge in [-0.1, -0.05) is 37.8 Å². The molecule has 0 aromatic carbocycles. The lowest BCUT2D eigenvalue weighted by atomic mass is 10.0. The second kappa shape index (κ2) is 10.2. The van der Waals surface area contributed by atoms with E-state index in [1.165, 1.54) is 16.9 Å². The van der Waals surface area contributed by atoms with E-state index < -0.39 is 0 Å². The van der Waals surface area contributed by atoms with Crippen LogP contribution in [0.25, 0.3) is 16.4 Å². The van der Waals surface area contributed by atoms with Gasteiger partial charge in [0.2, 0.25) is 0 Å². The fraction of sp³-hybridized carbons (Fsp3) is 0.304. The van der Waals surface area contributed by atoms with Gasteiger partial charge in [0, 0.05) is 33.3 Å². The highest BCUT2D eigenvalue weighted by atomic mass is 32.1. The van der Waals surface area contributed by atoms with Crippen molar-refractivity contribution in [3.05, 3.63) is 58.3 Å². The van der Waals surface area contributed by atoms with Crippen LogP contribution in [0.15, 0.2) is 52.2 Å². The van der Waals surface area contributed by atoms with Crippen molar-refractivity contribution < 1.29 is 4.79 Å². The summed E-state index contributed by atoms with van der Waals surface area (Å²) in [7, 11) is 5.56. The van der Waals surface area contributed by atoms with Crippen molar-refractivity contribution in [1.82, 2.24) is 20.0 Å². The van der Waals surface area contributed by atoms with Crippen LogP contribution in [0.2, 0.25) is 0 Å².